The molecule has 0 aromatic carbocycles. The molecule has 2 fully saturated rings. The Bertz CT molecular complexity index is 403. The number of nitrogens with one attached hydrogen (secondary N) is 1. The molecule has 1 heterocycles. The maximum absolute atomic E-state index is 11.5. The van der Waals surface area contributed by atoms with Gasteiger partial charge in [-0.3, -0.25) is 4.79 Å². The normalized spacial score (nSPS) is 28.6. The van der Waals surface area contributed by atoms with Gasteiger partial charge in [-0.05, 0) is 43.9 Å². The van der Waals surface area contributed by atoms with Crippen LogP contribution in [0.4, 0.5) is 0 Å². The van der Waals surface area contributed by atoms with Crippen molar-refractivity contribution in [1.29, 1.82) is 0 Å². The van der Waals surface area contributed by atoms with Crippen LogP contribution in [-0.4, -0.2) is 31.5 Å². The summed E-state index contributed by atoms with van der Waals surface area (Å²) in [5.41, 5.74) is 0. The van der Waals surface area contributed by atoms with Gasteiger partial charge in [-0.15, -0.1) is 0 Å². The highest BCUT2D eigenvalue weighted by molar-refractivity contribution is 5.87. The molecule has 3 unspecified atom stereocenters. The monoisotopic (exact) mass is 307 g/mol. The summed E-state index contributed by atoms with van der Waals surface area (Å²) >= 11 is 0. The minimum atomic E-state index is -0.0185. The summed E-state index contributed by atoms with van der Waals surface area (Å²) in [6.07, 6.45) is 13.9. The average molecular weight is 307 g/mol. The first-order chi connectivity index (χ1) is 10.6. The van der Waals surface area contributed by atoms with Crippen LogP contribution in [-0.2, 0) is 14.3 Å². The SMILES string of the molecule is CC(C)CNC(=O)/C=C/C=C/CCC1CCC2OCOC2C1. The quantitative estimate of drug-likeness (QED) is 0.580. The van der Waals surface area contributed by atoms with E-state index in [0.717, 1.165) is 31.7 Å². The number of fused-ring (bicyclic) bond motifs is 1. The molecule has 1 amide bonds. The fraction of sp³-hybridized carbons (Fsp3) is 0.722. The van der Waals surface area contributed by atoms with Gasteiger partial charge in [0.2, 0.25) is 5.91 Å². The Balaban J connectivity index is 1.57. The zero-order valence-corrected chi connectivity index (χ0v) is 13.8. The molecule has 0 aromatic rings. The van der Waals surface area contributed by atoms with Crippen molar-refractivity contribution in [2.24, 2.45) is 11.8 Å². The molecule has 0 spiro atoms. The van der Waals surface area contributed by atoms with Crippen molar-refractivity contribution < 1.29 is 14.3 Å². The summed E-state index contributed by atoms with van der Waals surface area (Å²) < 4.78 is 11.1. The third-order valence-electron chi connectivity index (χ3n) is 4.32. The van der Waals surface area contributed by atoms with E-state index in [2.05, 4.69) is 25.2 Å². The molecule has 4 nitrogen and oxygen atoms in total. The van der Waals surface area contributed by atoms with Crippen LogP contribution in [0, 0.1) is 11.8 Å². The molecule has 1 N–H and O–H groups in total. The van der Waals surface area contributed by atoms with E-state index in [0.29, 0.717) is 24.9 Å². The highest BCUT2D eigenvalue weighted by atomic mass is 16.7. The van der Waals surface area contributed by atoms with Gasteiger partial charge in [-0.2, -0.15) is 0 Å². The van der Waals surface area contributed by atoms with E-state index in [4.69, 9.17) is 9.47 Å². The van der Waals surface area contributed by atoms with Crippen molar-refractivity contribution in [3.05, 3.63) is 24.3 Å². The predicted molar refractivity (Wildman–Crippen MR) is 87.3 cm³/mol. The Morgan fingerprint density at radius 3 is 2.86 bits per heavy atom. The van der Waals surface area contributed by atoms with Gasteiger partial charge in [0.05, 0.1) is 12.2 Å². The molecule has 0 aromatic heterocycles. The Hall–Kier alpha value is -1.13. The Kier molecular flexibility index (Phi) is 7.13. The summed E-state index contributed by atoms with van der Waals surface area (Å²) in [6.45, 7) is 5.37. The van der Waals surface area contributed by atoms with Crippen molar-refractivity contribution in [3.8, 4) is 0 Å². The molecular formula is C18H29NO3. The molecule has 4 heteroatoms. The summed E-state index contributed by atoms with van der Waals surface area (Å²) in [6, 6.07) is 0. The molecule has 3 atom stereocenters. The van der Waals surface area contributed by atoms with Crippen LogP contribution >= 0.6 is 0 Å². The van der Waals surface area contributed by atoms with Crippen molar-refractivity contribution in [2.45, 2.75) is 58.2 Å². The van der Waals surface area contributed by atoms with E-state index >= 15 is 0 Å². The van der Waals surface area contributed by atoms with Crippen LogP contribution in [0.3, 0.4) is 0 Å². The van der Waals surface area contributed by atoms with Crippen LogP contribution in [0.1, 0.15) is 46.0 Å². The summed E-state index contributed by atoms with van der Waals surface area (Å²) in [5, 5.41) is 2.86. The number of carbonyl (C=O) groups excluding carboxylic acids is 1. The molecule has 1 saturated heterocycles. The zero-order valence-electron chi connectivity index (χ0n) is 13.8. The van der Waals surface area contributed by atoms with Crippen LogP contribution in [0.2, 0.25) is 0 Å². The lowest BCUT2D eigenvalue weighted by molar-refractivity contribution is -0.116. The number of rotatable bonds is 7. The number of hydrogen-bond acceptors (Lipinski definition) is 3. The van der Waals surface area contributed by atoms with E-state index in [9.17, 15) is 4.79 Å². The second kappa shape index (κ2) is 9.11. The maximum atomic E-state index is 11.5. The lowest BCUT2D eigenvalue weighted by Gasteiger charge is -2.29. The molecular weight excluding hydrogens is 278 g/mol. The minimum Gasteiger partial charge on any atom is -0.352 e. The van der Waals surface area contributed by atoms with E-state index in [1.807, 2.05) is 12.2 Å². The first kappa shape index (κ1) is 17.2. The fourth-order valence-corrected chi connectivity index (χ4v) is 3.04. The van der Waals surface area contributed by atoms with Gasteiger partial charge in [-0.1, -0.05) is 32.1 Å². The van der Waals surface area contributed by atoms with Gasteiger partial charge >= 0.3 is 0 Å². The number of ether oxygens (including phenoxy) is 2. The highest BCUT2D eigenvalue weighted by Gasteiger charge is 2.35. The van der Waals surface area contributed by atoms with Gasteiger partial charge in [0.25, 0.3) is 0 Å². The number of hydrogen-bond donors (Lipinski definition) is 1. The van der Waals surface area contributed by atoms with Gasteiger partial charge in [0.15, 0.2) is 0 Å². The van der Waals surface area contributed by atoms with Crippen LogP contribution in [0.15, 0.2) is 24.3 Å². The van der Waals surface area contributed by atoms with E-state index in [1.165, 1.54) is 12.8 Å². The van der Waals surface area contributed by atoms with Crippen LogP contribution in [0.25, 0.3) is 0 Å². The second-order valence-electron chi connectivity index (χ2n) is 6.71. The third kappa shape index (κ3) is 5.93. The minimum absolute atomic E-state index is 0.0185. The lowest BCUT2D eigenvalue weighted by atomic mass is 9.83. The molecule has 1 aliphatic heterocycles. The van der Waals surface area contributed by atoms with E-state index in [-0.39, 0.29) is 5.91 Å². The van der Waals surface area contributed by atoms with Crippen molar-refractivity contribution in [3.63, 3.8) is 0 Å². The number of carbonyl (C=O) groups is 1. The largest absolute Gasteiger partial charge is 0.352 e. The molecule has 0 bridgehead atoms. The van der Waals surface area contributed by atoms with Gasteiger partial charge in [0.1, 0.15) is 6.79 Å². The summed E-state index contributed by atoms with van der Waals surface area (Å²) in [5.74, 6) is 1.21. The second-order valence-corrected chi connectivity index (χ2v) is 6.71. The zero-order chi connectivity index (χ0) is 15.8. The molecule has 124 valence electrons. The van der Waals surface area contributed by atoms with Gasteiger partial charge < -0.3 is 14.8 Å². The average Bonchev–Trinajstić information content (AvgIpc) is 2.96. The lowest BCUT2D eigenvalue weighted by Crippen LogP contribution is -2.31. The molecule has 1 aliphatic carbocycles. The molecule has 0 radical (unpaired) electrons. The van der Waals surface area contributed by atoms with Gasteiger partial charge in [-0.25, -0.2) is 0 Å². The van der Waals surface area contributed by atoms with Gasteiger partial charge in [0, 0.05) is 12.6 Å². The Morgan fingerprint density at radius 2 is 2.05 bits per heavy atom. The maximum Gasteiger partial charge on any atom is 0.243 e. The smallest absolute Gasteiger partial charge is 0.243 e. The van der Waals surface area contributed by atoms with E-state index < -0.39 is 0 Å². The predicted octanol–water partition coefficient (Wildman–Crippen LogP) is 3.19. The molecule has 2 rings (SSSR count). The first-order valence-corrected chi connectivity index (χ1v) is 8.49. The Labute approximate surface area is 133 Å². The molecule has 1 saturated carbocycles. The number of amides is 1. The summed E-state index contributed by atoms with van der Waals surface area (Å²) in [4.78, 5) is 11.5. The number of allylic oxidation sites excluding steroid dienone is 3. The standard InChI is InChI=1S/C18H29NO3/c1-14(2)12-19-18(20)8-6-4-3-5-7-15-9-10-16-17(11-15)22-13-21-16/h3-4,6,8,14-17H,5,7,9-13H2,1-2H3,(H,19,20)/b4-3+,8-6+. The molecule has 22 heavy (non-hydrogen) atoms. The summed E-state index contributed by atoms with van der Waals surface area (Å²) in [7, 11) is 0. The van der Waals surface area contributed by atoms with Crippen molar-refractivity contribution in [2.75, 3.05) is 13.3 Å². The van der Waals surface area contributed by atoms with Crippen molar-refractivity contribution in [1.82, 2.24) is 5.32 Å². The van der Waals surface area contributed by atoms with Crippen molar-refractivity contribution >= 4 is 5.91 Å². The molecule has 2 aliphatic rings. The highest BCUT2D eigenvalue weighted by Crippen LogP contribution is 2.34. The topological polar surface area (TPSA) is 47.6 Å². The first-order valence-electron chi connectivity index (χ1n) is 8.49. The third-order valence-corrected chi connectivity index (χ3v) is 4.32. The van der Waals surface area contributed by atoms with E-state index in [1.54, 1.807) is 6.08 Å². The fourth-order valence-electron chi connectivity index (χ4n) is 3.04. The van der Waals surface area contributed by atoms with Crippen LogP contribution in [0.5, 0.6) is 0 Å². The van der Waals surface area contributed by atoms with Crippen LogP contribution < -0.4 is 5.32 Å². The Morgan fingerprint density at radius 1 is 1.23 bits per heavy atom.